The van der Waals surface area contributed by atoms with Crippen molar-refractivity contribution in [2.45, 2.75) is 52.1 Å². The van der Waals surface area contributed by atoms with Crippen LogP contribution in [0.3, 0.4) is 0 Å². The summed E-state index contributed by atoms with van der Waals surface area (Å²) in [7, 11) is 0. The number of rotatable bonds is 3. The first-order valence-electron chi connectivity index (χ1n) is 6.62. The second-order valence-corrected chi connectivity index (χ2v) is 5.06. The second kappa shape index (κ2) is 5.52. The van der Waals surface area contributed by atoms with Crippen LogP contribution in [0, 0.1) is 18.7 Å². The van der Waals surface area contributed by atoms with Gasteiger partial charge in [-0.05, 0) is 50.2 Å². The Labute approximate surface area is 103 Å². The van der Waals surface area contributed by atoms with Gasteiger partial charge in [-0.15, -0.1) is 0 Å². The lowest BCUT2D eigenvalue weighted by Crippen LogP contribution is -2.24. The highest BCUT2D eigenvalue weighted by Gasteiger charge is 2.22. The van der Waals surface area contributed by atoms with Crippen LogP contribution in [-0.2, 0) is 0 Å². The third kappa shape index (κ3) is 2.99. The average Bonchev–Trinajstić information content (AvgIpc) is 2.36. The molecule has 0 N–H and O–H groups in total. The minimum absolute atomic E-state index is 0.203. The maximum atomic E-state index is 13.8. The molecule has 0 spiro atoms. The molecular weight excluding hydrogens is 215 g/mol. The van der Waals surface area contributed by atoms with E-state index in [1.165, 1.54) is 19.3 Å². The first kappa shape index (κ1) is 12.4. The van der Waals surface area contributed by atoms with E-state index in [2.05, 4.69) is 6.92 Å². The minimum Gasteiger partial charge on any atom is -0.487 e. The maximum absolute atomic E-state index is 13.8. The van der Waals surface area contributed by atoms with Gasteiger partial charge in [0.05, 0.1) is 6.10 Å². The van der Waals surface area contributed by atoms with Crippen molar-refractivity contribution in [2.75, 3.05) is 0 Å². The van der Waals surface area contributed by atoms with Crippen LogP contribution in [0.1, 0.15) is 44.6 Å². The molecule has 94 valence electrons. The van der Waals surface area contributed by atoms with Crippen LogP contribution in [0.25, 0.3) is 0 Å². The number of hydrogen-bond donors (Lipinski definition) is 0. The largest absolute Gasteiger partial charge is 0.487 e. The number of benzene rings is 1. The zero-order valence-corrected chi connectivity index (χ0v) is 10.7. The van der Waals surface area contributed by atoms with Gasteiger partial charge in [0.15, 0.2) is 11.6 Å². The van der Waals surface area contributed by atoms with Gasteiger partial charge in [0.2, 0.25) is 0 Å². The van der Waals surface area contributed by atoms with Crippen LogP contribution in [0.15, 0.2) is 18.2 Å². The summed E-state index contributed by atoms with van der Waals surface area (Å²) in [5.41, 5.74) is 0.657. The van der Waals surface area contributed by atoms with Gasteiger partial charge >= 0.3 is 0 Å². The molecule has 0 aliphatic heterocycles. The van der Waals surface area contributed by atoms with E-state index >= 15 is 0 Å². The summed E-state index contributed by atoms with van der Waals surface area (Å²) in [5.74, 6) is 1.06. The van der Waals surface area contributed by atoms with Crippen LogP contribution in [0.5, 0.6) is 5.75 Å². The fourth-order valence-corrected chi connectivity index (χ4v) is 2.55. The van der Waals surface area contributed by atoms with E-state index in [4.69, 9.17) is 4.74 Å². The molecule has 1 fully saturated rings. The molecule has 0 aromatic heterocycles. The summed E-state index contributed by atoms with van der Waals surface area (Å²) in [5, 5.41) is 0. The van der Waals surface area contributed by atoms with Crippen molar-refractivity contribution in [3.8, 4) is 5.75 Å². The molecule has 0 atom stereocenters. The fraction of sp³-hybridized carbons (Fsp3) is 0.600. The Kier molecular flexibility index (Phi) is 4.03. The normalized spacial score (nSPS) is 24.6. The average molecular weight is 236 g/mol. The first-order valence-corrected chi connectivity index (χ1v) is 6.62. The number of ether oxygens (including phenoxy) is 1. The van der Waals surface area contributed by atoms with Crippen LogP contribution >= 0.6 is 0 Å². The molecule has 1 nitrogen and oxygen atoms in total. The summed E-state index contributed by atoms with van der Waals surface area (Å²) >= 11 is 0. The highest BCUT2D eigenvalue weighted by Crippen LogP contribution is 2.30. The SMILES string of the molecule is CCC1CCC(Oc2cccc(C)c2F)CC1. The summed E-state index contributed by atoms with van der Waals surface area (Å²) < 4.78 is 19.6. The van der Waals surface area contributed by atoms with Gasteiger partial charge in [-0.25, -0.2) is 4.39 Å². The van der Waals surface area contributed by atoms with Gasteiger partial charge in [-0.2, -0.15) is 0 Å². The van der Waals surface area contributed by atoms with E-state index < -0.39 is 0 Å². The van der Waals surface area contributed by atoms with E-state index in [1.807, 2.05) is 6.07 Å². The van der Waals surface area contributed by atoms with Gasteiger partial charge in [0, 0.05) is 0 Å². The molecule has 0 amide bonds. The Bertz CT molecular complexity index is 367. The Balaban J connectivity index is 1.95. The molecule has 1 aromatic carbocycles. The van der Waals surface area contributed by atoms with Crippen LogP contribution in [-0.4, -0.2) is 6.10 Å². The molecule has 0 unspecified atom stereocenters. The van der Waals surface area contributed by atoms with E-state index in [-0.39, 0.29) is 11.9 Å². The van der Waals surface area contributed by atoms with E-state index in [1.54, 1.807) is 19.1 Å². The van der Waals surface area contributed by atoms with Crippen molar-refractivity contribution in [3.05, 3.63) is 29.6 Å². The predicted octanol–water partition coefficient (Wildman–Crippen LogP) is 4.48. The molecule has 17 heavy (non-hydrogen) atoms. The van der Waals surface area contributed by atoms with E-state index in [0.29, 0.717) is 11.3 Å². The Hall–Kier alpha value is -1.05. The zero-order chi connectivity index (χ0) is 12.3. The second-order valence-electron chi connectivity index (χ2n) is 5.06. The zero-order valence-electron chi connectivity index (χ0n) is 10.7. The molecule has 0 heterocycles. The van der Waals surface area contributed by atoms with E-state index in [9.17, 15) is 4.39 Å². The maximum Gasteiger partial charge on any atom is 0.167 e. The molecule has 0 bridgehead atoms. The molecule has 0 saturated heterocycles. The van der Waals surface area contributed by atoms with Crippen molar-refractivity contribution in [1.29, 1.82) is 0 Å². The summed E-state index contributed by atoms with van der Waals surface area (Å²) in [6.07, 6.45) is 6.01. The smallest absolute Gasteiger partial charge is 0.167 e. The van der Waals surface area contributed by atoms with Gasteiger partial charge in [-0.1, -0.05) is 25.5 Å². The molecule has 1 aliphatic carbocycles. The number of aryl methyl sites for hydroxylation is 1. The third-order valence-electron chi connectivity index (χ3n) is 3.82. The quantitative estimate of drug-likeness (QED) is 0.751. The van der Waals surface area contributed by atoms with Gasteiger partial charge in [-0.3, -0.25) is 0 Å². The Morgan fingerprint density at radius 3 is 2.59 bits per heavy atom. The lowest BCUT2D eigenvalue weighted by molar-refractivity contribution is 0.125. The van der Waals surface area contributed by atoms with Crippen molar-refractivity contribution in [2.24, 2.45) is 5.92 Å². The van der Waals surface area contributed by atoms with Crippen molar-refractivity contribution in [3.63, 3.8) is 0 Å². The van der Waals surface area contributed by atoms with Crippen LogP contribution < -0.4 is 4.74 Å². The monoisotopic (exact) mass is 236 g/mol. The van der Waals surface area contributed by atoms with E-state index in [0.717, 1.165) is 18.8 Å². The molecule has 2 rings (SSSR count). The van der Waals surface area contributed by atoms with Crippen molar-refractivity contribution < 1.29 is 9.13 Å². The highest BCUT2D eigenvalue weighted by molar-refractivity contribution is 5.30. The highest BCUT2D eigenvalue weighted by atomic mass is 19.1. The number of hydrogen-bond acceptors (Lipinski definition) is 1. The lowest BCUT2D eigenvalue weighted by Gasteiger charge is -2.28. The Morgan fingerprint density at radius 1 is 1.24 bits per heavy atom. The topological polar surface area (TPSA) is 9.23 Å². The minimum atomic E-state index is -0.204. The fourth-order valence-electron chi connectivity index (χ4n) is 2.55. The van der Waals surface area contributed by atoms with Crippen LogP contribution in [0.4, 0.5) is 4.39 Å². The number of halogens is 1. The third-order valence-corrected chi connectivity index (χ3v) is 3.82. The molecule has 1 aliphatic rings. The van der Waals surface area contributed by atoms with Gasteiger partial charge < -0.3 is 4.74 Å². The lowest BCUT2D eigenvalue weighted by atomic mass is 9.86. The molecule has 0 radical (unpaired) electrons. The summed E-state index contributed by atoms with van der Waals surface area (Å²) in [4.78, 5) is 0. The summed E-state index contributed by atoms with van der Waals surface area (Å²) in [6, 6.07) is 5.36. The summed E-state index contributed by atoms with van der Waals surface area (Å²) in [6.45, 7) is 4.02. The molecule has 2 heteroatoms. The van der Waals surface area contributed by atoms with Crippen molar-refractivity contribution in [1.82, 2.24) is 0 Å². The predicted molar refractivity (Wildman–Crippen MR) is 67.8 cm³/mol. The van der Waals surface area contributed by atoms with Gasteiger partial charge in [0.1, 0.15) is 0 Å². The molecular formula is C15H21FO. The molecule has 1 saturated carbocycles. The molecule has 1 aromatic rings. The van der Waals surface area contributed by atoms with Gasteiger partial charge in [0.25, 0.3) is 0 Å². The van der Waals surface area contributed by atoms with Crippen molar-refractivity contribution >= 4 is 0 Å². The standard InChI is InChI=1S/C15H21FO/c1-3-12-7-9-13(10-8-12)17-14-6-4-5-11(2)15(14)16/h4-6,12-13H,3,7-10H2,1-2H3. The van der Waals surface area contributed by atoms with Crippen LogP contribution in [0.2, 0.25) is 0 Å². The first-order chi connectivity index (χ1) is 8.20. The Morgan fingerprint density at radius 2 is 1.94 bits per heavy atom.